The van der Waals surface area contributed by atoms with E-state index in [1.807, 2.05) is 48.5 Å². The summed E-state index contributed by atoms with van der Waals surface area (Å²) in [6.07, 6.45) is 3.20. The van der Waals surface area contributed by atoms with E-state index >= 15 is 0 Å². The Morgan fingerprint density at radius 1 is 0.969 bits per heavy atom. The molecule has 3 aromatic carbocycles. The molecule has 0 heterocycles. The maximum Gasteiger partial charge on any atom is 0.312 e. The number of benzene rings is 3. The van der Waals surface area contributed by atoms with E-state index in [-0.39, 0.29) is 22.7 Å². The number of nitrogens with zero attached hydrogens (tertiary/aromatic N) is 1. The highest BCUT2D eigenvalue weighted by Gasteiger charge is 2.75. The Morgan fingerprint density at radius 3 is 2.47 bits per heavy atom. The summed E-state index contributed by atoms with van der Waals surface area (Å²) in [5, 5.41) is 9.77. The molecule has 4 nitrogen and oxygen atoms in total. The second kappa shape index (κ2) is 7.39. The Labute approximate surface area is 187 Å². The molecule has 1 spiro atoms. The molecule has 0 amide bonds. The second-order valence-electron chi connectivity index (χ2n) is 8.88. The molecule has 3 aromatic rings. The van der Waals surface area contributed by atoms with Crippen molar-refractivity contribution in [2.45, 2.75) is 25.4 Å². The summed E-state index contributed by atoms with van der Waals surface area (Å²) in [5.74, 6) is 0.594. The summed E-state index contributed by atoms with van der Waals surface area (Å²) in [6, 6.07) is 26.8. The summed E-state index contributed by atoms with van der Waals surface area (Å²) >= 11 is 0. The third kappa shape index (κ3) is 3.01. The topological polar surface area (TPSA) is 59.3 Å². The van der Waals surface area contributed by atoms with Crippen LogP contribution in [0.5, 0.6) is 11.5 Å². The van der Waals surface area contributed by atoms with Gasteiger partial charge >= 0.3 is 5.97 Å². The molecule has 0 aliphatic heterocycles. The summed E-state index contributed by atoms with van der Waals surface area (Å²) in [5.41, 5.74) is 2.21. The van der Waals surface area contributed by atoms with Gasteiger partial charge in [0.25, 0.3) is 0 Å². The van der Waals surface area contributed by atoms with Crippen LogP contribution in [0.4, 0.5) is 0 Å². The van der Waals surface area contributed by atoms with Crippen LogP contribution in [0.1, 0.15) is 36.6 Å². The molecular weight excluding hydrogens is 398 g/mol. The normalized spacial score (nSPS) is 22.6. The number of esters is 1. The number of carbonyl (C=O) groups is 1. The molecule has 0 saturated heterocycles. The van der Waals surface area contributed by atoms with E-state index in [9.17, 15) is 10.1 Å². The van der Waals surface area contributed by atoms with E-state index in [1.54, 1.807) is 18.2 Å². The van der Waals surface area contributed by atoms with Gasteiger partial charge in [0.2, 0.25) is 6.10 Å². The molecule has 0 radical (unpaired) electrons. The number of carbonyl (C=O) groups excluding carboxylic acids is 1. The van der Waals surface area contributed by atoms with Crippen molar-refractivity contribution in [3.8, 4) is 17.6 Å². The summed E-state index contributed by atoms with van der Waals surface area (Å²) in [7, 11) is 0. The molecule has 1 fully saturated rings. The molecule has 158 valence electrons. The first-order valence-corrected chi connectivity index (χ1v) is 10.7. The van der Waals surface area contributed by atoms with Crippen molar-refractivity contribution in [3.05, 3.63) is 102 Å². The molecule has 0 aromatic heterocycles. The molecule has 2 aliphatic rings. The van der Waals surface area contributed by atoms with E-state index in [0.29, 0.717) is 17.1 Å². The average molecular weight is 421 g/mol. The first kappa shape index (κ1) is 20.1. The van der Waals surface area contributed by atoms with Crippen molar-refractivity contribution < 1.29 is 14.3 Å². The average Bonchev–Trinajstić information content (AvgIpc) is 3.09. The van der Waals surface area contributed by atoms with Gasteiger partial charge in [-0.3, -0.25) is 4.79 Å². The molecule has 0 unspecified atom stereocenters. The summed E-state index contributed by atoms with van der Waals surface area (Å²) in [4.78, 5) is 13.3. The fourth-order valence-electron chi connectivity index (χ4n) is 5.14. The number of nitriles is 1. The number of para-hydroxylation sites is 1. The van der Waals surface area contributed by atoms with Crippen molar-refractivity contribution in [1.82, 2.24) is 0 Å². The minimum absolute atomic E-state index is 0.286. The van der Waals surface area contributed by atoms with Crippen LogP contribution in [0.3, 0.4) is 0 Å². The molecule has 0 N–H and O–H groups in total. The maximum absolute atomic E-state index is 13.3. The van der Waals surface area contributed by atoms with E-state index in [0.717, 1.165) is 11.1 Å². The SMILES string of the molecule is CC1(C)[C@@H](C(=O)O[C@H](C#N)c2cccc(Oc3ccccc3)c2)[C@]12C=Cc1ccccc12. The predicted octanol–water partition coefficient (Wildman–Crippen LogP) is 6.21. The highest BCUT2D eigenvalue weighted by atomic mass is 16.5. The van der Waals surface area contributed by atoms with Crippen LogP contribution >= 0.6 is 0 Å². The number of rotatable bonds is 5. The van der Waals surface area contributed by atoms with Crippen LogP contribution < -0.4 is 4.74 Å². The van der Waals surface area contributed by atoms with Crippen molar-refractivity contribution in [2.75, 3.05) is 0 Å². The van der Waals surface area contributed by atoms with Gasteiger partial charge in [0, 0.05) is 11.0 Å². The molecule has 1 saturated carbocycles. The minimum Gasteiger partial charge on any atom is -0.457 e. The number of ether oxygens (including phenoxy) is 2. The van der Waals surface area contributed by atoms with Crippen LogP contribution in [-0.4, -0.2) is 5.97 Å². The molecule has 0 bridgehead atoms. The maximum atomic E-state index is 13.3. The lowest BCUT2D eigenvalue weighted by Crippen LogP contribution is -2.17. The predicted molar refractivity (Wildman–Crippen MR) is 122 cm³/mol. The monoisotopic (exact) mass is 421 g/mol. The molecule has 5 rings (SSSR count). The van der Waals surface area contributed by atoms with Gasteiger partial charge in [-0.1, -0.05) is 80.6 Å². The first-order chi connectivity index (χ1) is 15.5. The Morgan fingerprint density at radius 2 is 1.69 bits per heavy atom. The Hall–Kier alpha value is -3.84. The zero-order valence-electron chi connectivity index (χ0n) is 18.0. The highest BCUT2D eigenvalue weighted by Crippen LogP contribution is 2.73. The summed E-state index contributed by atoms with van der Waals surface area (Å²) in [6.45, 7) is 4.17. The van der Waals surface area contributed by atoms with E-state index in [4.69, 9.17) is 9.47 Å². The molecular formula is C28H23NO3. The lowest BCUT2D eigenvalue weighted by molar-refractivity contribution is -0.149. The lowest BCUT2D eigenvalue weighted by Gasteiger charge is -2.15. The lowest BCUT2D eigenvalue weighted by atomic mass is 9.90. The summed E-state index contributed by atoms with van der Waals surface area (Å²) < 4.78 is 11.6. The van der Waals surface area contributed by atoms with Gasteiger partial charge in [-0.25, -0.2) is 0 Å². The Kier molecular flexibility index (Phi) is 4.64. The van der Waals surface area contributed by atoms with Crippen LogP contribution in [-0.2, 0) is 14.9 Å². The van der Waals surface area contributed by atoms with Crippen LogP contribution in [0.15, 0.2) is 84.9 Å². The quantitative estimate of drug-likeness (QED) is 0.460. The Bertz CT molecular complexity index is 1250. The molecule has 3 atom stereocenters. The van der Waals surface area contributed by atoms with Crippen molar-refractivity contribution in [3.63, 3.8) is 0 Å². The van der Waals surface area contributed by atoms with Gasteiger partial charge in [-0.2, -0.15) is 5.26 Å². The number of hydrogen-bond acceptors (Lipinski definition) is 4. The van der Waals surface area contributed by atoms with Gasteiger partial charge in [0.15, 0.2) is 0 Å². The van der Waals surface area contributed by atoms with Gasteiger partial charge < -0.3 is 9.47 Å². The molecule has 32 heavy (non-hydrogen) atoms. The third-order valence-corrected chi connectivity index (χ3v) is 6.82. The van der Waals surface area contributed by atoms with Crippen LogP contribution in [0.25, 0.3) is 6.08 Å². The minimum atomic E-state index is -1.00. The first-order valence-electron chi connectivity index (χ1n) is 10.7. The van der Waals surface area contributed by atoms with E-state index < -0.39 is 6.10 Å². The van der Waals surface area contributed by atoms with Gasteiger partial charge in [0.05, 0.1) is 5.92 Å². The van der Waals surface area contributed by atoms with Crippen molar-refractivity contribution in [1.29, 1.82) is 5.26 Å². The number of hydrogen-bond donors (Lipinski definition) is 0. The van der Waals surface area contributed by atoms with Crippen LogP contribution in [0.2, 0.25) is 0 Å². The van der Waals surface area contributed by atoms with Crippen molar-refractivity contribution in [2.24, 2.45) is 11.3 Å². The second-order valence-corrected chi connectivity index (χ2v) is 8.88. The number of fused-ring (bicyclic) bond motifs is 2. The fraction of sp³-hybridized carbons (Fsp3) is 0.214. The third-order valence-electron chi connectivity index (χ3n) is 6.82. The van der Waals surface area contributed by atoms with E-state index in [2.05, 4.69) is 44.2 Å². The standard InChI is InChI=1S/C28H23NO3/c1-27(2)25(28(27)16-15-19-9-6-7-14-23(19)28)26(30)32-24(18-29)20-10-8-13-22(17-20)31-21-11-4-3-5-12-21/h3-17,24-25H,1-2H3/t24-,25-,28-/m1/s1. The Balaban J connectivity index is 1.36. The molecule has 4 heteroatoms. The molecule has 2 aliphatic carbocycles. The van der Waals surface area contributed by atoms with Crippen molar-refractivity contribution >= 4 is 12.0 Å². The zero-order chi connectivity index (χ0) is 22.3. The smallest absolute Gasteiger partial charge is 0.312 e. The number of allylic oxidation sites excluding steroid dienone is 1. The van der Waals surface area contributed by atoms with Gasteiger partial charge in [-0.15, -0.1) is 0 Å². The van der Waals surface area contributed by atoms with Gasteiger partial charge in [0.1, 0.15) is 17.6 Å². The van der Waals surface area contributed by atoms with Gasteiger partial charge in [-0.05, 0) is 40.8 Å². The largest absolute Gasteiger partial charge is 0.457 e. The fourth-order valence-corrected chi connectivity index (χ4v) is 5.14. The van der Waals surface area contributed by atoms with E-state index in [1.165, 1.54) is 0 Å². The van der Waals surface area contributed by atoms with Crippen LogP contribution in [0, 0.1) is 22.7 Å². The highest BCUT2D eigenvalue weighted by molar-refractivity contribution is 5.87. The zero-order valence-corrected chi connectivity index (χ0v) is 18.0.